The lowest BCUT2D eigenvalue weighted by Gasteiger charge is -2.15. The van der Waals surface area contributed by atoms with Crippen LogP contribution in [0.3, 0.4) is 0 Å². The molecule has 0 aliphatic heterocycles. The van der Waals surface area contributed by atoms with E-state index in [9.17, 15) is 0 Å². The average Bonchev–Trinajstić information content (AvgIpc) is 2.24. The molecule has 88 valence electrons. The highest BCUT2D eigenvalue weighted by Crippen LogP contribution is 2.05. The molecule has 0 saturated heterocycles. The fourth-order valence-electron chi connectivity index (χ4n) is 1.05. The first-order valence-corrected chi connectivity index (χ1v) is 6.42. The largest absolute Gasteiger partial charge is 0.352 e. The molecule has 0 rings (SSSR count). The molecule has 0 heterocycles. The van der Waals surface area contributed by atoms with Gasteiger partial charge in [-0.25, -0.2) is 0 Å². The van der Waals surface area contributed by atoms with E-state index in [0.717, 1.165) is 12.8 Å². The summed E-state index contributed by atoms with van der Waals surface area (Å²) in [6.07, 6.45) is 6.01. The molecule has 0 bridgehead atoms. The normalized spacial score (nSPS) is 13.9. The summed E-state index contributed by atoms with van der Waals surface area (Å²) >= 11 is 3.35. The highest BCUT2D eigenvalue weighted by Gasteiger charge is 2.05. The summed E-state index contributed by atoms with van der Waals surface area (Å²) in [5, 5.41) is 0.709. The minimum atomic E-state index is -0.141. The maximum Gasteiger partial charge on any atom is 0.167 e. The fraction of sp³-hybridized carbons (Fsp3) is 0.667. The van der Waals surface area contributed by atoms with E-state index in [1.54, 1.807) is 0 Å². The van der Waals surface area contributed by atoms with Crippen LogP contribution in [0.1, 0.15) is 26.7 Å². The Labute approximate surface area is 101 Å². The first-order chi connectivity index (χ1) is 7.24. The molecule has 0 aromatic heterocycles. The van der Waals surface area contributed by atoms with Crippen LogP contribution in [-0.2, 0) is 9.47 Å². The molecule has 0 aromatic rings. The van der Waals surface area contributed by atoms with Crippen LogP contribution in [0, 0.1) is 0 Å². The molecule has 15 heavy (non-hydrogen) atoms. The number of rotatable bonds is 9. The SMILES string of the molecule is C=CCC/C=C(\C)COC(CBr)OCC. The second-order valence-corrected chi connectivity index (χ2v) is 3.91. The predicted molar refractivity (Wildman–Crippen MR) is 68.3 cm³/mol. The molecule has 0 saturated carbocycles. The van der Waals surface area contributed by atoms with Crippen LogP contribution in [0.25, 0.3) is 0 Å². The Kier molecular flexibility index (Phi) is 10.3. The van der Waals surface area contributed by atoms with Crippen molar-refractivity contribution < 1.29 is 9.47 Å². The number of ether oxygens (including phenoxy) is 2. The Morgan fingerprint density at radius 1 is 1.40 bits per heavy atom. The molecule has 0 radical (unpaired) electrons. The van der Waals surface area contributed by atoms with Crippen molar-refractivity contribution in [3.8, 4) is 0 Å². The van der Waals surface area contributed by atoms with Crippen molar-refractivity contribution in [2.45, 2.75) is 33.0 Å². The maximum atomic E-state index is 5.56. The summed E-state index contributed by atoms with van der Waals surface area (Å²) in [4.78, 5) is 0. The van der Waals surface area contributed by atoms with E-state index in [1.807, 2.05) is 13.0 Å². The van der Waals surface area contributed by atoms with Crippen LogP contribution in [0.4, 0.5) is 0 Å². The number of halogens is 1. The third kappa shape index (κ3) is 8.85. The third-order valence-corrected chi connectivity index (χ3v) is 2.37. The van der Waals surface area contributed by atoms with Gasteiger partial charge in [0, 0.05) is 6.61 Å². The van der Waals surface area contributed by atoms with E-state index in [0.29, 0.717) is 18.5 Å². The van der Waals surface area contributed by atoms with E-state index in [-0.39, 0.29) is 6.29 Å². The van der Waals surface area contributed by atoms with Gasteiger partial charge in [0.2, 0.25) is 0 Å². The van der Waals surface area contributed by atoms with Crippen LogP contribution >= 0.6 is 15.9 Å². The van der Waals surface area contributed by atoms with Crippen LogP contribution in [-0.4, -0.2) is 24.8 Å². The second-order valence-electron chi connectivity index (χ2n) is 3.27. The van der Waals surface area contributed by atoms with Crippen LogP contribution in [0.5, 0.6) is 0 Å². The molecule has 0 aliphatic carbocycles. The van der Waals surface area contributed by atoms with Gasteiger partial charge in [0.15, 0.2) is 6.29 Å². The van der Waals surface area contributed by atoms with Gasteiger partial charge >= 0.3 is 0 Å². The quantitative estimate of drug-likeness (QED) is 0.277. The van der Waals surface area contributed by atoms with E-state index in [1.165, 1.54) is 5.57 Å². The first kappa shape index (κ1) is 14.9. The third-order valence-electron chi connectivity index (χ3n) is 1.84. The molecule has 1 unspecified atom stereocenters. The van der Waals surface area contributed by atoms with Crippen molar-refractivity contribution in [2.24, 2.45) is 0 Å². The molecule has 2 nitrogen and oxygen atoms in total. The molecular formula is C12H21BrO2. The van der Waals surface area contributed by atoms with Crippen molar-refractivity contribution in [1.82, 2.24) is 0 Å². The zero-order valence-corrected chi connectivity index (χ0v) is 11.3. The molecule has 0 amide bonds. The molecule has 1 atom stereocenters. The van der Waals surface area contributed by atoms with Gasteiger partial charge in [-0.3, -0.25) is 0 Å². The fourth-order valence-corrected chi connectivity index (χ4v) is 1.43. The predicted octanol–water partition coefficient (Wildman–Crippen LogP) is 3.67. The second kappa shape index (κ2) is 10.4. The number of hydrogen-bond donors (Lipinski definition) is 0. The monoisotopic (exact) mass is 276 g/mol. The van der Waals surface area contributed by atoms with Gasteiger partial charge in [-0.2, -0.15) is 0 Å². The van der Waals surface area contributed by atoms with Crippen molar-refractivity contribution in [3.63, 3.8) is 0 Å². The van der Waals surface area contributed by atoms with Crippen molar-refractivity contribution in [2.75, 3.05) is 18.5 Å². The number of hydrogen-bond acceptors (Lipinski definition) is 2. The average molecular weight is 277 g/mol. The van der Waals surface area contributed by atoms with E-state index in [4.69, 9.17) is 9.47 Å². The van der Waals surface area contributed by atoms with Crippen LogP contribution in [0.2, 0.25) is 0 Å². The Morgan fingerprint density at radius 3 is 2.67 bits per heavy atom. The van der Waals surface area contributed by atoms with Gasteiger partial charge < -0.3 is 9.47 Å². The summed E-state index contributed by atoms with van der Waals surface area (Å²) in [6.45, 7) is 9.02. The van der Waals surface area contributed by atoms with Crippen molar-refractivity contribution >= 4 is 15.9 Å². The number of unbranched alkanes of at least 4 members (excludes halogenated alkanes) is 1. The van der Waals surface area contributed by atoms with E-state index >= 15 is 0 Å². The zero-order valence-electron chi connectivity index (χ0n) is 9.67. The summed E-state index contributed by atoms with van der Waals surface area (Å²) in [5.74, 6) is 0. The van der Waals surface area contributed by atoms with Crippen molar-refractivity contribution in [1.29, 1.82) is 0 Å². The number of allylic oxidation sites excluding steroid dienone is 2. The molecule has 0 aromatic carbocycles. The molecular weight excluding hydrogens is 256 g/mol. The highest BCUT2D eigenvalue weighted by molar-refractivity contribution is 9.09. The minimum absolute atomic E-state index is 0.141. The molecule has 0 spiro atoms. The smallest absolute Gasteiger partial charge is 0.167 e. The maximum absolute atomic E-state index is 5.56. The van der Waals surface area contributed by atoms with Gasteiger partial charge in [-0.05, 0) is 26.7 Å². The van der Waals surface area contributed by atoms with Gasteiger partial charge in [-0.15, -0.1) is 6.58 Å². The Bertz CT molecular complexity index is 190. The Hall–Kier alpha value is -0.120. The standard InChI is InChI=1S/C12H21BrO2/c1-4-6-7-8-11(3)10-15-12(9-13)14-5-2/h4,8,12H,1,5-7,9-10H2,2-3H3/b11-8+. The van der Waals surface area contributed by atoms with Crippen LogP contribution < -0.4 is 0 Å². The minimum Gasteiger partial charge on any atom is -0.352 e. The van der Waals surface area contributed by atoms with Gasteiger partial charge in [0.25, 0.3) is 0 Å². The molecule has 3 heteroatoms. The van der Waals surface area contributed by atoms with Gasteiger partial charge in [0.1, 0.15) is 0 Å². The lowest BCUT2D eigenvalue weighted by atomic mass is 10.2. The summed E-state index contributed by atoms with van der Waals surface area (Å²) in [5.41, 5.74) is 1.24. The Balaban J connectivity index is 3.70. The van der Waals surface area contributed by atoms with Crippen LogP contribution in [0.15, 0.2) is 24.3 Å². The molecule has 0 fully saturated rings. The van der Waals surface area contributed by atoms with E-state index in [2.05, 4.69) is 35.5 Å². The van der Waals surface area contributed by atoms with E-state index < -0.39 is 0 Å². The van der Waals surface area contributed by atoms with Gasteiger partial charge in [0.05, 0.1) is 11.9 Å². The summed E-state index contributed by atoms with van der Waals surface area (Å²) < 4.78 is 10.9. The lowest BCUT2D eigenvalue weighted by molar-refractivity contribution is -0.116. The van der Waals surface area contributed by atoms with Crippen molar-refractivity contribution in [3.05, 3.63) is 24.3 Å². The zero-order chi connectivity index (χ0) is 11.5. The topological polar surface area (TPSA) is 18.5 Å². The number of alkyl halides is 1. The summed E-state index contributed by atoms with van der Waals surface area (Å²) in [6, 6.07) is 0. The highest BCUT2D eigenvalue weighted by atomic mass is 79.9. The first-order valence-electron chi connectivity index (χ1n) is 5.30. The lowest BCUT2D eigenvalue weighted by Crippen LogP contribution is -2.19. The molecule has 0 N–H and O–H groups in total. The Morgan fingerprint density at radius 2 is 2.13 bits per heavy atom. The summed E-state index contributed by atoms with van der Waals surface area (Å²) in [7, 11) is 0. The molecule has 0 aliphatic rings. The van der Waals surface area contributed by atoms with Gasteiger partial charge in [-0.1, -0.05) is 33.7 Å².